The lowest BCUT2D eigenvalue weighted by atomic mass is 9.89. The largest absolute Gasteiger partial charge is 0.496 e. The maximum Gasteiger partial charge on any atom is 0.220 e. The van der Waals surface area contributed by atoms with Gasteiger partial charge in [0.05, 0.1) is 13.2 Å². The summed E-state index contributed by atoms with van der Waals surface area (Å²) in [6.07, 6.45) is 1.94. The molecule has 0 aliphatic carbocycles. The van der Waals surface area contributed by atoms with E-state index in [1.165, 1.54) is 5.56 Å². The number of methoxy groups -OCH3 is 1. The molecule has 1 unspecified atom stereocenters. The predicted molar refractivity (Wildman–Crippen MR) is 107 cm³/mol. The number of nitrogens with one attached hydrogen (secondary N) is 1. The number of carbonyl (C=O) groups is 1. The van der Waals surface area contributed by atoms with E-state index in [-0.39, 0.29) is 17.6 Å². The van der Waals surface area contributed by atoms with Crippen molar-refractivity contribution >= 4 is 5.91 Å². The molecule has 0 radical (unpaired) electrons. The Labute approximate surface area is 161 Å². The molecule has 0 fully saturated rings. The van der Waals surface area contributed by atoms with E-state index in [2.05, 4.69) is 38.2 Å². The van der Waals surface area contributed by atoms with Crippen LogP contribution in [0.4, 0.5) is 0 Å². The summed E-state index contributed by atoms with van der Waals surface area (Å²) >= 11 is 0. The van der Waals surface area contributed by atoms with Crippen LogP contribution in [-0.2, 0) is 11.2 Å². The molecule has 1 aliphatic heterocycles. The summed E-state index contributed by atoms with van der Waals surface area (Å²) in [4.78, 5) is 12.6. The van der Waals surface area contributed by atoms with Gasteiger partial charge >= 0.3 is 0 Å². The van der Waals surface area contributed by atoms with E-state index < -0.39 is 0 Å². The Hall–Kier alpha value is -2.49. The number of hydrogen-bond acceptors (Lipinski definition) is 3. The Kier molecular flexibility index (Phi) is 5.45. The number of fused-ring (bicyclic) bond motifs is 1. The average molecular weight is 367 g/mol. The second-order valence-corrected chi connectivity index (χ2v) is 8.03. The molecule has 1 amide bonds. The van der Waals surface area contributed by atoms with Gasteiger partial charge in [-0.05, 0) is 57.4 Å². The summed E-state index contributed by atoms with van der Waals surface area (Å²) in [5.74, 6) is 1.81. The molecule has 27 heavy (non-hydrogen) atoms. The lowest BCUT2D eigenvalue weighted by Crippen LogP contribution is -2.41. The monoisotopic (exact) mass is 367 g/mol. The molecule has 1 aliphatic rings. The third kappa shape index (κ3) is 4.62. The minimum absolute atomic E-state index is 0.0197. The Balaban J connectivity index is 1.67. The highest BCUT2D eigenvalue weighted by molar-refractivity contribution is 5.77. The molecular formula is C23H29NO3. The van der Waals surface area contributed by atoms with Gasteiger partial charge in [0.2, 0.25) is 5.91 Å². The molecule has 3 rings (SSSR count). The van der Waals surface area contributed by atoms with Crippen molar-refractivity contribution in [3.8, 4) is 11.5 Å². The molecule has 1 N–H and O–H groups in total. The maximum atomic E-state index is 12.6. The van der Waals surface area contributed by atoms with Crippen LogP contribution in [0, 0.1) is 13.8 Å². The number of carbonyl (C=O) groups excluding carboxylic acids is 1. The Morgan fingerprint density at radius 2 is 2.00 bits per heavy atom. The highest BCUT2D eigenvalue weighted by Crippen LogP contribution is 2.39. The average Bonchev–Trinajstić information content (AvgIpc) is 2.60. The van der Waals surface area contributed by atoms with Gasteiger partial charge in [-0.15, -0.1) is 0 Å². The van der Waals surface area contributed by atoms with Crippen LogP contribution in [0.5, 0.6) is 11.5 Å². The van der Waals surface area contributed by atoms with Gasteiger partial charge in [0.25, 0.3) is 0 Å². The van der Waals surface area contributed by atoms with Crippen LogP contribution in [0.1, 0.15) is 55.0 Å². The molecule has 4 heteroatoms. The first-order valence-electron chi connectivity index (χ1n) is 9.50. The molecule has 0 aromatic heterocycles. The Morgan fingerprint density at radius 3 is 2.70 bits per heavy atom. The van der Waals surface area contributed by atoms with Gasteiger partial charge in [-0.2, -0.15) is 0 Å². The first-order valence-corrected chi connectivity index (χ1v) is 9.50. The van der Waals surface area contributed by atoms with Gasteiger partial charge in [0, 0.05) is 18.4 Å². The van der Waals surface area contributed by atoms with Crippen molar-refractivity contribution in [1.82, 2.24) is 5.32 Å². The van der Waals surface area contributed by atoms with Crippen LogP contribution in [-0.4, -0.2) is 18.6 Å². The number of aryl methyl sites for hydroxylation is 3. The van der Waals surface area contributed by atoms with E-state index >= 15 is 0 Å². The smallest absolute Gasteiger partial charge is 0.220 e. The summed E-state index contributed by atoms with van der Waals surface area (Å²) in [6, 6.07) is 12.2. The van der Waals surface area contributed by atoms with Crippen molar-refractivity contribution < 1.29 is 14.3 Å². The van der Waals surface area contributed by atoms with E-state index in [9.17, 15) is 4.79 Å². The van der Waals surface area contributed by atoms with Crippen LogP contribution >= 0.6 is 0 Å². The van der Waals surface area contributed by atoms with Crippen LogP contribution < -0.4 is 14.8 Å². The SMILES string of the molecule is COc1ccc(CCC(=O)NC2CC(C)(C)Oc3ccc(C)cc32)cc1C. The maximum absolute atomic E-state index is 12.6. The fourth-order valence-corrected chi connectivity index (χ4v) is 3.72. The van der Waals surface area contributed by atoms with Crippen LogP contribution in [0.25, 0.3) is 0 Å². The summed E-state index contributed by atoms with van der Waals surface area (Å²) in [7, 11) is 1.67. The van der Waals surface area contributed by atoms with Crippen LogP contribution in [0.3, 0.4) is 0 Å². The third-order valence-electron chi connectivity index (χ3n) is 5.06. The standard InChI is InChI=1S/C23H29NO3/c1-15-6-9-21-18(12-15)19(14-23(3,4)27-21)24-22(25)11-8-17-7-10-20(26-5)16(2)13-17/h6-7,9-10,12-13,19H,8,11,14H2,1-5H3,(H,24,25). The lowest BCUT2D eigenvalue weighted by Gasteiger charge is -2.38. The molecule has 0 saturated carbocycles. The van der Waals surface area contributed by atoms with E-state index in [1.54, 1.807) is 7.11 Å². The number of ether oxygens (including phenoxy) is 2. The summed E-state index contributed by atoms with van der Waals surface area (Å²) in [5, 5.41) is 3.22. The molecule has 2 aromatic rings. The molecule has 2 aromatic carbocycles. The second kappa shape index (κ2) is 7.63. The van der Waals surface area contributed by atoms with Crippen molar-refractivity contribution in [2.45, 2.75) is 58.6 Å². The lowest BCUT2D eigenvalue weighted by molar-refractivity contribution is -0.122. The van der Waals surface area contributed by atoms with Crippen molar-refractivity contribution in [3.63, 3.8) is 0 Å². The fraction of sp³-hybridized carbons (Fsp3) is 0.435. The summed E-state index contributed by atoms with van der Waals surface area (Å²) < 4.78 is 11.4. The zero-order valence-electron chi connectivity index (χ0n) is 16.9. The van der Waals surface area contributed by atoms with Crippen molar-refractivity contribution in [2.75, 3.05) is 7.11 Å². The molecule has 4 nitrogen and oxygen atoms in total. The minimum atomic E-state index is -0.298. The van der Waals surface area contributed by atoms with Crippen LogP contribution in [0.15, 0.2) is 36.4 Å². The van der Waals surface area contributed by atoms with Crippen molar-refractivity contribution in [1.29, 1.82) is 0 Å². The van der Waals surface area contributed by atoms with Gasteiger partial charge in [0.15, 0.2) is 0 Å². The Morgan fingerprint density at radius 1 is 1.22 bits per heavy atom. The van der Waals surface area contributed by atoms with Gasteiger partial charge < -0.3 is 14.8 Å². The fourth-order valence-electron chi connectivity index (χ4n) is 3.72. The first kappa shape index (κ1) is 19.3. The highest BCUT2D eigenvalue weighted by atomic mass is 16.5. The van der Waals surface area contributed by atoms with Crippen molar-refractivity contribution in [2.24, 2.45) is 0 Å². The molecule has 144 valence electrons. The minimum Gasteiger partial charge on any atom is -0.496 e. The van der Waals surface area contributed by atoms with E-state index in [1.807, 2.05) is 31.2 Å². The van der Waals surface area contributed by atoms with Gasteiger partial charge in [-0.3, -0.25) is 4.79 Å². The number of rotatable bonds is 5. The van der Waals surface area contributed by atoms with Gasteiger partial charge in [-0.25, -0.2) is 0 Å². The van der Waals surface area contributed by atoms with Crippen molar-refractivity contribution in [3.05, 3.63) is 58.7 Å². The Bertz CT molecular complexity index is 842. The zero-order valence-corrected chi connectivity index (χ0v) is 16.9. The predicted octanol–water partition coefficient (Wildman–Crippen LogP) is 4.66. The number of hydrogen-bond donors (Lipinski definition) is 1. The third-order valence-corrected chi connectivity index (χ3v) is 5.06. The van der Waals surface area contributed by atoms with E-state index in [4.69, 9.17) is 9.47 Å². The topological polar surface area (TPSA) is 47.6 Å². The van der Waals surface area contributed by atoms with E-state index in [0.717, 1.165) is 34.6 Å². The normalized spacial score (nSPS) is 17.6. The number of benzene rings is 2. The molecule has 0 saturated heterocycles. The molecule has 0 bridgehead atoms. The van der Waals surface area contributed by atoms with Gasteiger partial charge in [0.1, 0.15) is 17.1 Å². The highest BCUT2D eigenvalue weighted by Gasteiger charge is 2.34. The quantitative estimate of drug-likeness (QED) is 0.836. The molecule has 0 spiro atoms. The first-order chi connectivity index (χ1) is 12.8. The van der Waals surface area contributed by atoms with Crippen LogP contribution in [0.2, 0.25) is 0 Å². The van der Waals surface area contributed by atoms with E-state index in [0.29, 0.717) is 12.8 Å². The molecular weight excluding hydrogens is 338 g/mol. The molecule has 1 heterocycles. The second-order valence-electron chi connectivity index (χ2n) is 8.03. The zero-order chi connectivity index (χ0) is 19.6. The number of amides is 1. The summed E-state index contributed by atoms with van der Waals surface area (Å²) in [6.45, 7) is 8.21. The molecule has 1 atom stereocenters. The summed E-state index contributed by atoms with van der Waals surface area (Å²) in [5.41, 5.74) is 4.18. The van der Waals surface area contributed by atoms with Gasteiger partial charge in [-0.1, -0.05) is 29.8 Å².